The Balaban J connectivity index is 1.79. The maximum atomic E-state index is 12.4. The number of carbonyl (C=O) groups is 2. The number of urea groups is 1. The molecule has 3 aromatic rings. The van der Waals surface area contributed by atoms with E-state index in [-0.39, 0.29) is 5.91 Å². The number of amides is 3. The molecule has 0 saturated carbocycles. The Labute approximate surface area is 167 Å². The third-order valence-corrected chi connectivity index (χ3v) is 4.98. The minimum atomic E-state index is -0.521. The van der Waals surface area contributed by atoms with Gasteiger partial charge in [0.2, 0.25) is 5.91 Å². The van der Waals surface area contributed by atoms with Crippen LogP contribution in [0.3, 0.4) is 0 Å². The second-order valence-corrected chi connectivity index (χ2v) is 8.03. The predicted octanol–water partition coefficient (Wildman–Crippen LogP) is 3.85. The molecule has 0 saturated heterocycles. The zero-order valence-electron chi connectivity index (χ0n) is 15.9. The van der Waals surface area contributed by atoms with Crippen molar-refractivity contribution in [2.24, 2.45) is 5.92 Å². The first kappa shape index (κ1) is 19.9. The normalized spacial score (nSPS) is 12.1. The van der Waals surface area contributed by atoms with Crippen LogP contribution in [0, 0.1) is 5.92 Å². The number of rotatable bonds is 6. The first-order valence-corrected chi connectivity index (χ1v) is 9.88. The van der Waals surface area contributed by atoms with Gasteiger partial charge in [-0.15, -0.1) is 0 Å². The Morgan fingerprint density at radius 1 is 1.11 bits per heavy atom. The molecule has 1 aromatic carbocycles. The molecule has 0 aliphatic rings. The van der Waals surface area contributed by atoms with E-state index in [1.54, 1.807) is 25.3 Å². The van der Waals surface area contributed by atoms with Gasteiger partial charge in [0.25, 0.3) is 0 Å². The van der Waals surface area contributed by atoms with E-state index in [1.807, 2.05) is 38.1 Å². The van der Waals surface area contributed by atoms with Crippen LogP contribution in [0.2, 0.25) is 0 Å². The molecule has 1 atom stereocenters. The Kier molecular flexibility index (Phi) is 6.30. The number of fused-ring (bicyclic) bond motifs is 1. The molecule has 0 spiro atoms. The van der Waals surface area contributed by atoms with E-state index in [4.69, 9.17) is 4.42 Å². The van der Waals surface area contributed by atoms with Crippen molar-refractivity contribution in [3.05, 3.63) is 42.7 Å². The molecule has 0 fully saturated rings. The van der Waals surface area contributed by atoms with Crippen LogP contribution < -0.4 is 10.6 Å². The zero-order valence-corrected chi connectivity index (χ0v) is 16.7. The van der Waals surface area contributed by atoms with Crippen LogP contribution in [0.1, 0.15) is 20.8 Å². The van der Waals surface area contributed by atoms with Gasteiger partial charge < -0.3 is 9.73 Å². The van der Waals surface area contributed by atoms with Crippen molar-refractivity contribution >= 4 is 34.6 Å². The number of para-hydroxylation sites is 1. The molecular weight excluding hydrogens is 376 g/mol. The highest BCUT2D eigenvalue weighted by atomic mass is 32.2. The average Bonchev–Trinajstić information content (AvgIpc) is 3.21. The van der Waals surface area contributed by atoms with Crippen LogP contribution in [0.25, 0.3) is 22.5 Å². The predicted molar refractivity (Wildman–Crippen MR) is 109 cm³/mol. The molecule has 0 bridgehead atoms. The highest BCUT2D eigenvalue weighted by Crippen LogP contribution is 2.31. The number of nitrogens with one attached hydrogen (secondary N) is 2. The molecular formula is C20H22N4O3S. The van der Waals surface area contributed by atoms with Gasteiger partial charge in [-0.05, 0) is 31.0 Å². The molecule has 2 N–H and O–H groups in total. The van der Waals surface area contributed by atoms with Crippen LogP contribution in [-0.2, 0) is 4.79 Å². The molecule has 7 nitrogen and oxygen atoms in total. The summed E-state index contributed by atoms with van der Waals surface area (Å²) in [5, 5.41) is 6.02. The summed E-state index contributed by atoms with van der Waals surface area (Å²) in [4.78, 5) is 33.4. The van der Waals surface area contributed by atoms with Gasteiger partial charge in [-0.3, -0.25) is 10.1 Å². The number of benzene rings is 1. The lowest BCUT2D eigenvalue weighted by Crippen LogP contribution is -2.43. The van der Waals surface area contributed by atoms with Gasteiger partial charge in [0, 0.05) is 11.9 Å². The fourth-order valence-electron chi connectivity index (χ4n) is 2.43. The van der Waals surface area contributed by atoms with Crippen LogP contribution in [0.4, 0.5) is 4.79 Å². The average molecular weight is 398 g/mol. The summed E-state index contributed by atoms with van der Waals surface area (Å²) in [6.45, 7) is 6.21. The van der Waals surface area contributed by atoms with Crippen LogP contribution in [0.15, 0.2) is 52.1 Å². The monoisotopic (exact) mass is 398 g/mol. The Bertz CT molecular complexity index is 973. The summed E-state index contributed by atoms with van der Waals surface area (Å²) in [5.74, 6) is 0.930. The van der Waals surface area contributed by atoms with Crippen LogP contribution in [-0.4, -0.2) is 33.7 Å². The number of thioether (sulfide) groups is 1. The topological polar surface area (TPSA) is 97.1 Å². The number of furan rings is 1. The summed E-state index contributed by atoms with van der Waals surface area (Å²) in [7, 11) is 0. The van der Waals surface area contributed by atoms with Crippen molar-refractivity contribution in [3.63, 3.8) is 0 Å². The molecule has 2 heterocycles. The Hall–Kier alpha value is -2.87. The second kappa shape index (κ2) is 8.88. The van der Waals surface area contributed by atoms with E-state index >= 15 is 0 Å². The minimum absolute atomic E-state index is 0.306. The summed E-state index contributed by atoms with van der Waals surface area (Å²) in [6.07, 6.45) is 1.56. The van der Waals surface area contributed by atoms with Crippen molar-refractivity contribution in [1.29, 1.82) is 0 Å². The first-order chi connectivity index (χ1) is 13.4. The minimum Gasteiger partial charge on any atom is -0.461 e. The third kappa shape index (κ3) is 4.89. The summed E-state index contributed by atoms with van der Waals surface area (Å²) < 4.78 is 5.41. The van der Waals surface area contributed by atoms with E-state index in [9.17, 15) is 9.59 Å². The first-order valence-electron chi connectivity index (χ1n) is 9.00. The molecule has 0 aliphatic heterocycles. The molecule has 3 rings (SSSR count). The van der Waals surface area contributed by atoms with Gasteiger partial charge in [0.1, 0.15) is 5.03 Å². The quantitative estimate of drug-likeness (QED) is 0.483. The van der Waals surface area contributed by atoms with Crippen molar-refractivity contribution in [1.82, 2.24) is 20.6 Å². The summed E-state index contributed by atoms with van der Waals surface area (Å²) in [6, 6.07) is 10.6. The molecule has 28 heavy (non-hydrogen) atoms. The van der Waals surface area contributed by atoms with Gasteiger partial charge in [0.15, 0.2) is 11.6 Å². The lowest BCUT2D eigenvalue weighted by molar-refractivity contribution is -0.119. The lowest BCUT2D eigenvalue weighted by atomic mass is 10.2. The van der Waals surface area contributed by atoms with Crippen molar-refractivity contribution in [2.75, 3.05) is 6.54 Å². The number of aromatic nitrogens is 2. The molecule has 0 unspecified atom stereocenters. The third-order valence-electron chi connectivity index (χ3n) is 3.88. The van der Waals surface area contributed by atoms with Gasteiger partial charge in [-0.2, -0.15) is 0 Å². The SMILES string of the molecule is CC(C)CNC(=O)NC(=O)[C@@H](C)Sc1nc(-c2ccco2)nc2ccccc12. The maximum absolute atomic E-state index is 12.4. The number of carbonyl (C=O) groups excluding carboxylic acids is 2. The van der Waals surface area contributed by atoms with E-state index in [0.29, 0.717) is 29.1 Å². The molecule has 146 valence electrons. The van der Waals surface area contributed by atoms with Gasteiger partial charge in [-0.25, -0.2) is 14.8 Å². The molecule has 3 amide bonds. The largest absolute Gasteiger partial charge is 0.461 e. The van der Waals surface area contributed by atoms with Gasteiger partial charge in [0.05, 0.1) is 17.0 Å². The van der Waals surface area contributed by atoms with Crippen molar-refractivity contribution < 1.29 is 14.0 Å². The number of hydrogen-bond acceptors (Lipinski definition) is 6. The Morgan fingerprint density at radius 3 is 2.61 bits per heavy atom. The van der Waals surface area contributed by atoms with Crippen molar-refractivity contribution in [3.8, 4) is 11.6 Å². The maximum Gasteiger partial charge on any atom is 0.321 e. The van der Waals surface area contributed by atoms with Crippen LogP contribution in [0.5, 0.6) is 0 Å². The Morgan fingerprint density at radius 2 is 1.89 bits per heavy atom. The van der Waals surface area contributed by atoms with E-state index in [2.05, 4.69) is 20.6 Å². The number of imide groups is 1. The molecule has 0 radical (unpaired) electrons. The highest BCUT2D eigenvalue weighted by molar-refractivity contribution is 8.00. The fraction of sp³-hybridized carbons (Fsp3) is 0.300. The summed E-state index contributed by atoms with van der Waals surface area (Å²) >= 11 is 1.27. The van der Waals surface area contributed by atoms with Crippen molar-refractivity contribution in [2.45, 2.75) is 31.0 Å². The van der Waals surface area contributed by atoms with Crippen LogP contribution >= 0.6 is 11.8 Å². The molecule has 2 aromatic heterocycles. The lowest BCUT2D eigenvalue weighted by Gasteiger charge is -2.14. The molecule has 8 heteroatoms. The van der Waals surface area contributed by atoms with E-state index in [0.717, 1.165) is 10.9 Å². The fourth-order valence-corrected chi connectivity index (χ4v) is 3.37. The summed E-state index contributed by atoms with van der Waals surface area (Å²) in [5.41, 5.74) is 0.758. The standard InChI is InChI=1S/C20H22N4O3S/c1-12(2)11-21-20(26)24-18(25)13(3)28-19-14-7-4-5-8-15(14)22-17(23-19)16-9-6-10-27-16/h4-10,12-13H,11H2,1-3H3,(H2,21,24,25,26)/t13-/m1/s1. The number of hydrogen-bond donors (Lipinski definition) is 2. The highest BCUT2D eigenvalue weighted by Gasteiger charge is 2.20. The van der Waals surface area contributed by atoms with E-state index < -0.39 is 11.3 Å². The zero-order chi connectivity index (χ0) is 20.1. The molecule has 0 aliphatic carbocycles. The second-order valence-electron chi connectivity index (χ2n) is 6.70. The van der Waals surface area contributed by atoms with E-state index in [1.165, 1.54) is 11.8 Å². The van der Waals surface area contributed by atoms with Gasteiger partial charge >= 0.3 is 6.03 Å². The van der Waals surface area contributed by atoms with Gasteiger partial charge in [-0.1, -0.05) is 43.8 Å². The smallest absolute Gasteiger partial charge is 0.321 e. The number of nitrogens with zero attached hydrogens (tertiary/aromatic N) is 2.